The summed E-state index contributed by atoms with van der Waals surface area (Å²) in [7, 11) is 0. The molecule has 20 heavy (non-hydrogen) atoms. The van der Waals surface area contributed by atoms with E-state index in [1.165, 1.54) is 11.3 Å². The number of ether oxygens (including phenoxy) is 1. The van der Waals surface area contributed by atoms with Crippen LogP contribution < -0.4 is 5.32 Å². The van der Waals surface area contributed by atoms with Gasteiger partial charge < -0.3 is 15.2 Å². The maximum absolute atomic E-state index is 11.7. The molecule has 0 aromatic carbocycles. The quantitative estimate of drug-likeness (QED) is 0.754. The Balaban J connectivity index is 2.65. The van der Waals surface area contributed by atoms with Gasteiger partial charge in [-0.2, -0.15) is 0 Å². The first-order valence-corrected chi connectivity index (χ1v) is 7.05. The molecule has 7 heteroatoms. The van der Waals surface area contributed by atoms with Gasteiger partial charge in [-0.15, -0.1) is 11.3 Å². The summed E-state index contributed by atoms with van der Waals surface area (Å²) in [5.41, 5.74) is 0.334. The third-order valence-corrected chi connectivity index (χ3v) is 3.36. The monoisotopic (exact) mass is 299 g/mol. The predicted molar refractivity (Wildman–Crippen MR) is 75.1 cm³/mol. The number of hydrogen-bond donors (Lipinski definition) is 2. The van der Waals surface area contributed by atoms with Gasteiger partial charge in [0.05, 0.1) is 12.2 Å². The number of thiophene rings is 1. The highest BCUT2D eigenvalue weighted by atomic mass is 32.1. The number of carbonyl (C=O) groups is 3. The van der Waals surface area contributed by atoms with E-state index in [2.05, 4.69) is 5.32 Å². The first kappa shape index (κ1) is 16.2. The van der Waals surface area contributed by atoms with Gasteiger partial charge in [0.2, 0.25) is 5.91 Å². The van der Waals surface area contributed by atoms with Crippen LogP contribution >= 0.6 is 11.3 Å². The molecular weight excluding hydrogens is 282 g/mol. The summed E-state index contributed by atoms with van der Waals surface area (Å²) < 4.78 is 4.91. The number of rotatable bonds is 7. The zero-order valence-corrected chi connectivity index (χ0v) is 12.2. The molecule has 0 radical (unpaired) electrons. The molecule has 1 aromatic heterocycles. The molecule has 0 bridgehead atoms. The van der Waals surface area contributed by atoms with Crippen LogP contribution in [0.1, 0.15) is 41.4 Å². The molecule has 0 atom stereocenters. The minimum Gasteiger partial charge on any atom is -0.481 e. The molecule has 0 aliphatic rings. The van der Waals surface area contributed by atoms with E-state index in [4.69, 9.17) is 9.84 Å². The van der Waals surface area contributed by atoms with Gasteiger partial charge in [0.1, 0.15) is 5.00 Å². The Kier molecular flexibility index (Phi) is 6.17. The second-order valence-corrected chi connectivity index (χ2v) is 5.37. The summed E-state index contributed by atoms with van der Waals surface area (Å²) in [6.45, 7) is 3.80. The number of carbonyl (C=O) groups excluding carboxylic acids is 2. The van der Waals surface area contributed by atoms with E-state index in [0.717, 1.165) is 4.88 Å². The Hall–Kier alpha value is -1.89. The maximum Gasteiger partial charge on any atom is 0.341 e. The fraction of sp³-hybridized carbons (Fsp3) is 0.462. The number of hydrogen-bond acceptors (Lipinski definition) is 5. The lowest BCUT2D eigenvalue weighted by Gasteiger charge is -2.05. The van der Waals surface area contributed by atoms with Crippen molar-refractivity contribution in [3.05, 3.63) is 16.5 Å². The summed E-state index contributed by atoms with van der Waals surface area (Å²) in [4.78, 5) is 34.7. The van der Waals surface area contributed by atoms with Crippen molar-refractivity contribution in [1.82, 2.24) is 0 Å². The molecule has 0 saturated heterocycles. The molecular formula is C13H17NO5S. The van der Waals surface area contributed by atoms with Crippen LogP contribution in [-0.4, -0.2) is 29.6 Å². The van der Waals surface area contributed by atoms with Crippen LogP contribution in [0.25, 0.3) is 0 Å². The highest BCUT2D eigenvalue weighted by Crippen LogP contribution is 2.28. The normalized spacial score (nSPS) is 10.1. The summed E-state index contributed by atoms with van der Waals surface area (Å²) in [5.74, 6) is -1.71. The number of aryl methyl sites for hydroxylation is 1. The standard InChI is InChI=1S/C13H17NO5S/c1-3-19-13(18)9-7-8(2)20-12(9)14-10(15)5-4-6-11(16)17/h7H,3-6H2,1-2H3,(H,14,15)(H,16,17). The van der Waals surface area contributed by atoms with Gasteiger partial charge in [0.15, 0.2) is 0 Å². The van der Waals surface area contributed by atoms with Crippen molar-refractivity contribution >= 4 is 34.2 Å². The van der Waals surface area contributed by atoms with Crippen LogP contribution in [0.4, 0.5) is 5.00 Å². The number of amides is 1. The minimum absolute atomic E-state index is 0.0539. The first-order valence-electron chi connectivity index (χ1n) is 6.23. The lowest BCUT2D eigenvalue weighted by molar-refractivity contribution is -0.137. The second kappa shape index (κ2) is 7.64. The summed E-state index contributed by atoms with van der Waals surface area (Å²) >= 11 is 1.29. The minimum atomic E-state index is -0.933. The Morgan fingerprint density at radius 2 is 2.05 bits per heavy atom. The molecule has 110 valence electrons. The Morgan fingerprint density at radius 1 is 1.35 bits per heavy atom. The van der Waals surface area contributed by atoms with Crippen molar-refractivity contribution in [2.45, 2.75) is 33.1 Å². The molecule has 0 unspecified atom stereocenters. The fourth-order valence-corrected chi connectivity index (χ4v) is 2.47. The van der Waals surface area contributed by atoms with Crippen molar-refractivity contribution in [2.75, 3.05) is 11.9 Å². The van der Waals surface area contributed by atoms with E-state index < -0.39 is 11.9 Å². The molecule has 0 spiro atoms. The molecule has 0 aliphatic heterocycles. The molecule has 6 nitrogen and oxygen atoms in total. The van der Waals surface area contributed by atoms with Crippen LogP contribution in [0.3, 0.4) is 0 Å². The molecule has 1 heterocycles. The maximum atomic E-state index is 11.7. The number of carboxylic acid groups (broad SMARTS) is 1. The highest BCUT2D eigenvalue weighted by molar-refractivity contribution is 7.16. The zero-order chi connectivity index (χ0) is 15.1. The number of anilines is 1. The Labute approximate surface area is 120 Å². The van der Waals surface area contributed by atoms with Crippen molar-refractivity contribution < 1.29 is 24.2 Å². The van der Waals surface area contributed by atoms with Gasteiger partial charge in [0, 0.05) is 17.7 Å². The van der Waals surface area contributed by atoms with Crippen LogP contribution in [0.5, 0.6) is 0 Å². The fourth-order valence-electron chi connectivity index (χ4n) is 1.56. The van der Waals surface area contributed by atoms with Crippen LogP contribution in [0.2, 0.25) is 0 Å². The third kappa shape index (κ3) is 5.00. The lowest BCUT2D eigenvalue weighted by Crippen LogP contribution is -2.14. The van der Waals surface area contributed by atoms with Gasteiger partial charge in [-0.1, -0.05) is 0 Å². The van der Waals surface area contributed by atoms with Gasteiger partial charge in [-0.05, 0) is 26.3 Å². The van der Waals surface area contributed by atoms with Crippen molar-refractivity contribution in [3.8, 4) is 0 Å². The van der Waals surface area contributed by atoms with Gasteiger partial charge in [0.25, 0.3) is 0 Å². The number of aliphatic carboxylic acids is 1. The van der Waals surface area contributed by atoms with Crippen molar-refractivity contribution in [1.29, 1.82) is 0 Å². The zero-order valence-electron chi connectivity index (χ0n) is 11.4. The SMILES string of the molecule is CCOC(=O)c1cc(C)sc1NC(=O)CCCC(=O)O. The topological polar surface area (TPSA) is 92.7 Å². The van der Waals surface area contributed by atoms with Gasteiger partial charge in [-0.25, -0.2) is 4.79 Å². The molecule has 1 rings (SSSR count). The lowest BCUT2D eigenvalue weighted by atomic mass is 10.2. The largest absolute Gasteiger partial charge is 0.481 e. The van der Waals surface area contributed by atoms with Crippen LogP contribution in [0.15, 0.2) is 6.07 Å². The van der Waals surface area contributed by atoms with E-state index in [1.807, 2.05) is 6.92 Å². The van der Waals surface area contributed by atoms with Crippen LogP contribution in [-0.2, 0) is 14.3 Å². The van der Waals surface area contributed by atoms with Gasteiger partial charge in [-0.3, -0.25) is 9.59 Å². The van der Waals surface area contributed by atoms with Gasteiger partial charge >= 0.3 is 11.9 Å². The van der Waals surface area contributed by atoms with E-state index in [0.29, 0.717) is 10.6 Å². The molecule has 1 amide bonds. The van der Waals surface area contributed by atoms with E-state index >= 15 is 0 Å². The van der Waals surface area contributed by atoms with E-state index in [-0.39, 0.29) is 31.8 Å². The number of carboxylic acids is 1. The second-order valence-electron chi connectivity index (χ2n) is 4.12. The van der Waals surface area contributed by atoms with Crippen molar-refractivity contribution in [2.24, 2.45) is 0 Å². The number of nitrogens with one attached hydrogen (secondary N) is 1. The smallest absolute Gasteiger partial charge is 0.341 e. The number of esters is 1. The first-order chi connectivity index (χ1) is 9.43. The van der Waals surface area contributed by atoms with E-state index in [1.54, 1.807) is 13.0 Å². The Morgan fingerprint density at radius 3 is 2.65 bits per heavy atom. The molecule has 2 N–H and O–H groups in total. The summed E-state index contributed by atoms with van der Waals surface area (Å²) in [6, 6.07) is 1.66. The average molecular weight is 299 g/mol. The summed E-state index contributed by atoms with van der Waals surface area (Å²) in [6.07, 6.45) is 0.313. The molecule has 0 fully saturated rings. The summed E-state index contributed by atoms with van der Waals surface area (Å²) in [5, 5.41) is 11.6. The third-order valence-electron chi connectivity index (χ3n) is 2.40. The molecule has 1 aromatic rings. The predicted octanol–water partition coefficient (Wildman–Crippen LogP) is 2.43. The average Bonchev–Trinajstić information content (AvgIpc) is 2.70. The highest BCUT2D eigenvalue weighted by Gasteiger charge is 2.17. The Bertz CT molecular complexity index is 509. The molecule has 0 aliphatic carbocycles. The van der Waals surface area contributed by atoms with E-state index in [9.17, 15) is 14.4 Å². The molecule has 0 saturated carbocycles. The van der Waals surface area contributed by atoms with Crippen molar-refractivity contribution in [3.63, 3.8) is 0 Å². The van der Waals surface area contributed by atoms with Crippen LogP contribution in [0, 0.1) is 6.92 Å².